The highest BCUT2D eigenvalue weighted by molar-refractivity contribution is 9.09. The van der Waals surface area contributed by atoms with Crippen molar-refractivity contribution in [3.8, 4) is 0 Å². The van der Waals surface area contributed by atoms with E-state index in [0.29, 0.717) is 11.9 Å². The van der Waals surface area contributed by atoms with E-state index in [1.165, 1.54) is 0 Å². The van der Waals surface area contributed by atoms with Crippen LogP contribution < -0.4 is 0 Å². The Bertz CT molecular complexity index is 118. The molecule has 1 heterocycles. The van der Waals surface area contributed by atoms with Gasteiger partial charge >= 0.3 is 0 Å². The summed E-state index contributed by atoms with van der Waals surface area (Å²) in [6, 6.07) is 0. The van der Waals surface area contributed by atoms with Crippen molar-refractivity contribution in [1.29, 1.82) is 0 Å². The van der Waals surface area contributed by atoms with Gasteiger partial charge in [-0.05, 0) is 13.8 Å². The molecule has 1 aliphatic heterocycles. The summed E-state index contributed by atoms with van der Waals surface area (Å²) in [5.74, 6) is 0. The zero-order valence-electron chi connectivity index (χ0n) is 5.65. The Kier molecular flexibility index (Phi) is 1.62. The number of ether oxygens (including phenoxy) is 1. The number of epoxide rings is 1. The van der Waals surface area contributed by atoms with Gasteiger partial charge in [-0.15, -0.1) is 0 Å². The molecular formula is C6H11BrO2. The van der Waals surface area contributed by atoms with Crippen LogP contribution in [0, 0.1) is 0 Å². The number of rotatable bonds is 2. The van der Waals surface area contributed by atoms with E-state index in [2.05, 4.69) is 15.9 Å². The molecule has 0 bridgehead atoms. The fourth-order valence-corrected chi connectivity index (χ4v) is 1.15. The lowest BCUT2D eigenvalue weighted by molar-refractivity contribution is 0.00830. The summed E-state index contributed by atoms with van der Waals surface area (Å²) < 4.78 is 5.07. The average molecular weight is 195 g/mol. The molecule has 1 N–H and O–H groups in total. The van der Waals surface area contributed by atoms with Crippen LogP contribution in [0.1, 0.15) is 13.8 Å². The van der Waals surface area contributed by atoms with Crippen LogP contribution in [-0.4, -0.2) is 28.2 Å². The van der Waals surface area contributed by atoms with Crippen molar-refractivity contribution in [3.63, 3.8) is 0 Å². The van der Waals surface area contributed by atoms with Crippen LogP contribution in [0.15, 0.2) is 0 Å². The SMILES string of the molecule is CC(O)(CBr)C1(C)CO1. The molecule has 2 unspecified atom stereocenters. The molecule has 0 aromatic rings. The van der Waals surface area contributed by atoms with Crippen LogP contribution in [0.5, 0.6) is 0 Å². The van der Waals surface area contributed by atoms with Gasteiger partial charge in [-0.2, -0.15) is 0 Å². The lowest BCUT2D eigenvalue weighted by Crippen LogP contribution is -2.42. The third-order valence-electron chi connectivity index (χ3n) is 1.98. The molecule has 0 aliphatic carbocycles. The van der Waals surface area contributed by atoms with Gasteiger partial charge in [0.25, 0.3) is 0 Å². The topological polar surface area (TPSA) is 32.8 Å². The molecule has 2 nitrogen and oxygen atoms in total. The number of alkyl halides is 1. The van der Waals surface area contributed by atoms with Gasteiger partial charge in [-0.25, -0.2) is 0 Å². The third-order valence-corrected chi connectivity index (χ3v) is 3.07. The van der Waals surface area contributed by atoms with E-state index >= 15 is 0 Å². The van der Waals surface area contributed by atoms with Crippen molar-refractivity contribution < 1.29 is 9.84 Å². The van der Waals surface area contributed by atoms with Gasteiger partial charge in [-0.3, -0.25) is 0 Å². The predicted octanol–water partition coefficient (Wildman–Crippen LogP) is 0.921. The average Bonchev–Trinajstić information content (AvgIpc) is 2.49. The van der Waals surface area contributed by atoms with E-state index in [0.717, 1.165) is 0 Å². The van der Waals surface area contributed by atoms with Gasteiger partial charge in [0.2, 0.25) is 0 Å². The normalized spacial score (nSPS) is 40.0. The largest absolute Gasteiger partial charge is 0.386 e. The molecule has 0 aromatic carbocycles. The van der Waals surface area contributed by atoms with Crippen LogP contribution in [0.4, 0.5) is 0 Å². The van der Waals surface area contributed by atoms with Gasteiger partial charge in [0.15, 0.2) is 0 Å². The standard InChI is InChI=1S/C6H11BrO2/c1-5(8,3-7)6(2)4-9-6/h8H,3-4H2,1-2H3. The third kappa shape index (κ3) is 1.14. The second-order valence-electron chi connectivity index (χ2n) is 2.93. The summed E-state index contributed by atoms with van der Waals surface area (Å²) in [5.41, 5.74) is -1.01. The lowest BCUT2D eigenvalue weighted by Gasteiger charge is -2.24. The van der Waals surface area contributed by atoms with Crippen LogP contribution in [0.2, 0.25) is 0 Å². The lowest BCUT2D eigenvalue weighted by atomic mass is 9.94. The maximum atomic E-state index is 9.55. The molecular weight excluding hydrogens is 184 g/mol. The first kappa shape index (κ1) is 7.51. The fraction of sp³-hybridized carbons (Fsp3) is 1.00. The quantitative estimate of drug-likeness (QED) is 0.525. The zero-order valence-corrected chi connectivity index (χ0v) is 7.23. The molecule has 1 fully saturated rings. The van der Waals surface area contributed by atoms with E-state index in [1.54, 1.807) is 6.92 Å². The minimum Gasteiger partial charge on any atom is -0.386 e. The first-order valence-corrected chi connectivity index (χ1v) is 4.06. The number of hydrogen-bond donors (Lipinski definition) is 1. The number of hydrogen-bond acceptors (Lipinski definition) is 2. The maximum Gasteiger partial charge on any atom is 0.118 e. The first-order valence-electron chi connectivity index (χ1n) is 2.94. The monoisotopic (exact) mass is 194 g/mol. The second-order valence-corrected chi connectivity index (χ2v) is 3.49. The van der Waals surface area contributed by atoms with Gasteiger partial charge in [-0.1, -0.05) is 15.9 Å². The van der Waals surface area contributed by atoms with Crippen molar-refractivity contribution in [2.45, 2.75) is 25.0 Å². The minimum absolute atomic E-state index is 0.295. The summed E-state index contributed by atoms with van der Waals surface area (Å²) in [4.78, 5) is 0. The van der Waals surface area contributed by atoms with Crippen LogP contribution in [0.25, 0.3) is 0 Å². The molecule has 0 aromatic heterocycles. The molecule has 0 spiro atoms. The smallest absolute Gasteiger partial charge is 0.118 e. The molecule has 0 amide bonds. The maximum absolute atomic E-state index is 9.55. The van der Waals surface area contributed by atoms with E-state index < -0.39 is 5.60 Å². The molecule has 1 aliphatic rings. The highest BCUT2D eigenvalue weighted by Gasteiger charge is 2.53. The van der Waals surface area contributed by atoms with E-state index in [-0.39, 0.29) is 5.60 Å². The van der Waals surface area contributed by atoms with Crippen LogP contribution >= 0.6 is 15.9 Å². The molecule has 54 valence electrons. The number of aliphatic hydroxyl groups is 1. The summed E-state index contributed by atoms with van der Waals surface area (Å²) in [6.07, 6.45) is 0. The minimum atomic E-state index is -0.715. The molecule has 1 rings (SSSR count). The first-order chi connectivity index (χ1) is 4.02. The summed E-state index contributed by atoms with van der Waals surface area (Å²) in [6.45, 7) is 4.36. The predicted molar refractivity (Wildman–Crippen MR) is 38.8 cm³/mol. The Balaban J connectivity index is 2.58. The van der Waals surface area contributed by atoms with Crippen molar-refractivity contribution in [2.75, 3.05) is 11.9 Å². The molecule has 3 heteroatoms. The molecule has 2 atom stereocenters. The van der Waals surface area contributed by atoms with Crippen molar-refractivity contribution in [3.05, 3.63) is 0 Å². The van der Waals surface area contributed by atoms with E-state index in [9.17, 15) is 5.11 Å². The van der Waals surface area contributed by atoms with E-state index in [4.69, 9.17) is 4.74 Å². The van der Waals surface area contributed by atoms with Gasteiger partial charge < -0.3 is 9.84 Å². The van der Waals surface area contributed by atoms with Crippen molar-refractivity contribution in [2.24, 2.45) is 0 Å². The Morgan fingerprint density at radius 1 is 1.89 bits per heavy atom. The molecule has 0 saturated carbocycles. The van der Waals surface area contributed by atoms with Crippen molar-refractivity contribution in [1.82, 2.24) is 0 Å². The Labute approximate surface area is 63.3 Å². The fourth-order valence-electron chi connectivity index (χ4n) is 0.561. The Morgan fingerprint density at radius 3 is 2.44 bits per heavy atom. The zero-order chi connectivity index (χ0) is 7.12. The summed E-state index contributed by atoms with van der Waals surface area (Å²) in [5, 5.41) is 10.1. The second kappa shape index (κ2) is 1.94. The summed E-state index contributed by atoms with van der Waals surface area (Å²) in [7, 11) is 0. The summed E-state index contributed by atoms with van der Waals surface area (Å²) >= 11 is 3.22. The Hall–Kier alpha value is 0.400. The number of halogens is 1. The van der Waals surface area contributed by atoms with Crippen LogP contribution in [-0.2, 0) is 4.74 Å². The highest BCUT2D eigenvalue weighted by atomic mass is 79.9. The van der Waals surface area contributed by atoms with Gasteiger partial charge in [0, 0.05) is 5.33 Å². The van der Waals surface area contributed by atoms with Gasteiger partial charge in [0.05, 0.1) is 6.61 Å². The molecule has 1 saturated heterocycles. The molecule has 9 heavy (non-hydrogen) atoms. The Morgan fingerprint density at radius 2 is 2.33 bits per heavy atom. The molecule has 0 radical (unpaired) electrons. The highest BCUT2D eigenvalue weighted by Crippen LogP contribution is 2.38. The van der Waals surface area contributed by atoms with Gasteiger partial charge in [0.1, 0.15) is 11.2 Å². The van der Waals surface area contributed by atoms with E-state index in [1.807, 2.05) is 6.92 Å². The van der Waals surface area contributed by atoms with Crippen molar-refractivity contribution >= 4 is 15.9 Å². The van der Waals surface area contributed by atoms with Crippen LogP contribution in [0.3, 0.4) is 0 Å².